The molecule has 27 heavy (non-hydrogen) atoms. The van der Waals surface area contributed by atoms with Gasteiger partial charge in [0, 0.05) is 38.2 Å². The number of fused-ring (bicyclic) bond motifs is 1. The Hall–Kier alpha value is -2.06. The second-order valence-electron chi connectivity index (χ2n) is 7.94. The topological polar surface area (TPSA) is 69.6 Å². The Morgan fingerprint density at radius 3 is 2.56 bits per heavy atom. The van der Waals surface area contributed by atoms with Gasteiger partial charge in [0.2, 0.25) is 5.95 Å². The van der Waals surface area contributed by atoms with E-state index in [2.05, 4.69) is 9.97 Å². The number of halogens is 3. The van der Waals surface area contributed by atoms with E-state index in [1.807, 2.05) is 16.7 Å². The lowest BCUT2D eigenvalue weighted by molar-refractivity contribution is -0.141. The Bertz CT molecular complexity index is 730. The van der Waals surface area contributed by atoms with Gasteiger partial charge < -0.3 is 14.9 Å². The molecule has 148 valence electrons. The normalized spacial score (nSPS) is 30.4. The first-order valence-corrected chi connectivity index (χ1v) is 9.43. The molecule has 0 bridgehead atoms. The summed E-state index contributed by atoms with van der Waals surface area (Å²) in [6.07, 6.45) is -1.50. The van der Waals surface area contributed by atoms with Gasteiger partial charge in [-0.15, -0.1) is 0 Å². The van der Waals surface area contributed by atoms with Gasteiger partial charge in [0.1, 0.15) is 5.82 Å². The van der Waals surface area contributed by atoms with Gasteiger partial charge in [-0.05, 0) is 43.9 Å². The number of piperidine rings is 2. The number of nitrogens with zero attached hydrogens (tertiary/aromatic N) is 4. The summed E-state index contributed by atoms with van der Waals surface area (Å²) in [6, 6.07) is 1.14. The monoisotopic (exact) mass is 384 g/mol. The van der Waals surface area contributed by atoms with Crippen LogP contribution >= 0.6 is 0 Å². The number of aliphatic carboxylic acids is 1. The molecule has 3 aliphatic rings. The predicted octanol–water partition coefficient (Wildman–Crippen LogP) is 3.03. The third-order valence-corrected chi connectivity index (χ3v) is 6.16. The molecule has 1 aliphatic carbocycles. The summed E-state index contributed by atoms with van der Waals surface area (Å²) in [4.78, 5) is 22.9. The van der Waals surface area contributed by atoms with Gasteiger partial charge in [-0.2, -0.15) is 18.2 Å². The second kappa shape index (κ2) is 6.53. The summed E-state index contributed by atoms with van der Waals surface area (Å²) in [5.74, 6) is 0.250. The van der Waals surface area contributed by atoms with E-state index in [0.29, 0.717) is 25.5 Å². The zero-order chi connectivity index (χ0) is 19.3. The van der Waals surface area contributed by atoms with Crippen molar-refractivity contribution in [3.05, 3.63) is 11.8 Å². The number of anilines is 2. The van der Waals surface area contributed by atoms with E-state index in [-0.39, 0.29) is 36.2 Å². The van der Waals surface area contributed by atoms with Gasteiger partial charge in [0.05, 0.1) is 0 Å². The lowest BCUT2D eigenvalue weighted by Crippen LogP contribution is -2.39. The average molecular weight is 384 g/mol. The van der Waals surface area contributed by atoms with Crippen molar-refractivity contribution in [1.29, 1.82) is 0 Å². The fourth-order valence-electron chi connectivity index (χ4n) is 4.59. The zero-order valence-electron chi connectivity index (χ0n) is 15.1. The molecule has 2 aliphatic heterocycles. The molecule has 0 aromatic carbocycles. The van der Waals surface area contributed by atoms with E-state index >= 15 is 0 Å². The number of carboxylic acid groups (broad SMARTS) is 1. The van der Waals surface area contributed by atoms with Crippen LogP contribution in [0, 0.1) is 17.8 Å². The first kappa shape index (κ1) is 18.3. The number of rotatable bonds is 4. The van der Waals surface area contributed by atoms with Crippen LogP contribution in [0.1, 0.15) is 38.3 Å². The van der Waals surface area contributed by atoms with E-state index < -0.39 is 17.8 Å². The van der Waals surface area contributed by atoms with Crippen LogP contribution in [0.25, 0.3) is 0 Å². The fraction of sp³-hybridized carbons (Fsp3) is 0.722. The van der Waals surface area contributed by atoms with Crippen molar-refractivity contribution in [3.63, 3.8) is 0 Å². The first-order valence-electron chi connectivity index (χ1n) is 9.43. The standard InChI is InChI=1S/C18H23F3N4O2/c1-10-4-2-3-5-25(10)17-22-14(18(19,20)21)7-15(23-17)24-8-12-11(6-16(26)27)13(12)9-24/h7,10-13H,2-6,8-9H2,1H3,(H,26,27). The van der Waals surface area contributed by atoms with Gasteiger partial charge in [-0.1, -0.05) is 0 Å². The number of carbonyl (C=O) groups is 1. The van der Waals surface area contributed by atoms with Crippen molar-refractivity contribution in [1.82, 2.24) is 9.97 Å². The number of hydrogen-bond donors (Lipinski definition) is 1. The van der Waals surface area contributed by atoms with E-state index in [1.165, 1.54) is 0 Å². The minimum absolute atomic E-state index is 0.113. The predicted molar refractivity (Wildman–Crippen MR) is 92.6 cm³/mol. The van der Waals surface area contributed by atoms with Crippen molar-refractivity contribution in [2.75, 3.05) is 29.4 Å². The van der Waals surface area contributed by atoms with Gasteiger partial charge >= 0.3 is 12.1 Å². The number of aromatic nitrogens is 2. The Kier molecular flexibility index (Phi) is 4.43. The highest BCUT2D eigenvalue weighted by molar-refractivity contribution is 5.68. The first-order chi connectivity index (χ1) is 12.7. The zero-order valence-corrected chi connectivity index (χ0v) is 15.1. The lowest BCUT2D eigenvalue weighted by atomic mass is 10.0. The maximum Gasteiger partial charge on any atom is 0.433 e. The summed E-state index contributed by atoms with van der Waals surface area (Å²) in [5.41, 5.74) is -0.914. The van der Waals surface area contributed by atoms with Crippen molar-refractivity contribution < 1.29 is 23.1 Å². The van der Waals surface area contributed by atoms with Gasteiger partial charge in [0.15, 0.2) is 5.69 Å². The van der Waals surface area contributed by atoms with Gasteiger partial charge in [-0.25, -0.2) is 4.98 Å². The third-order valence-electron chi connectivity index (χ3n) is 6.16. The van der Waals surface area contributed by atoms with Crippen LogP contribution in [0.4, 0.5) is 24.9 Å². The Labute approximate surface area is 155 Å². The van der Waals surface area contributed by atoms with E-state index in [9.17, 15) is 18.0 Å². The van der Waals surface area contributed by atoms with Crippen molar-refractivity contribution >= 4 is 17.7 Å². The average Bonchev–Trinajstić information content (AvgIpc) is 3.03. The Morgan fingerprint density at radius 1 is 1.26 bits per heavy atom. The van der Waals surface area contributed by atoms with Crippen LogP contribution < -0.4 is 9.80 Å². The molecular formula is C18H23F3N4O2. The second-order valence-corrected chi connectivity index (χ2v) is 7.94. The molecule has 4 rings (SSSR count). The number of alkyl halides is 3. The molecule has 3 unspecified atom stereocenters. The van der Waals surface area contributed by atoms with Crippen LogP contribution in [-0.4, -0.2) is 46.7 Å². The molecule has 3 heterocycles. The van der Waals surface area contributed by atoms with Gasteiger partial charge in [-0.3, -0.25) is 4.79 Å². The van der Waals surface area contributed by atoms with Gasteiger partial charge in [0.25, 0.3) is 0 Å². The minimum Gasteiger partial charge on any atom is -0.481 e. The summed E-state index contributed by atoms with van der Waals surface area (Å²) >= 11 is 0. The molecule has 0 spiro atoms. The van der Waals surface area contributed by atoms with Crippen molar-refractivity contribution in [2.24, 2.45) is 17.8 Å². The van der Waals surface area contributed by atoms with Crippen LogP contribution in [0.3, 0.4) is 0 Å². The highest BCUT2D eigenvalue weighted by Gasteiger charge is 2.56. The summed E-state index contributed by atoms with van der Waals surface area (Å²) in [6.45, 7) is 3.77. The number of carboxylic acids is 1. The molecule has 3 fully saturated rings. The molecule has 0 radical (unpaired) electrons. The largest absolute Gasteiger partial charge is 0.481 e. The molecule has 1 aromatic rings. The molecular weight excluding hydrogens is 361 g/mol. The maximum absolute atomic E-state index is 13.4. The number of hydrogen-bond acceptors (Lipinski definition) is 5. The van der Waals surface area contributed by atoms with Crippen LogP contribution in [0.2, 0.25) is 0 Å². The molecule has 2 saturated heterocycles. The quantitative estimate of drug-likeness (QED) is 0.861. The molecule has 9 heteroatoms. The Morgan fingerprint density at radius 2 is 1.96 bits per heavy atom. The smallest absolute Gasteiger partial charge is 0.433 e. The molecule has 0 amide bonds. The summed E-state index contributed by atoms with van der Waals surface area (Å²) in [5, 5.41) is 8.93. The highest BCUT2D eigenvalue weighted by atomic mass is 19.4. The van der Waals surface area contributed by atoms with E-state index in [4.69, 9.17) is 5.11 Å². The minimum atomic E-state index is -4.53. The van der Waals surface area contributed by atoms with Crippen molar-refractivity contribution in [2.45, 2.75) is 44.8 Å². The summed E-state index contributed by atoms with van der Waals surface area (Å²) in [7, 11) is 0. The molecule has 1 saturated carbocycles. The SMILES string of the molecule is CC1CCCCN1c1nc(N2CC3C(CC(=O)O)C3C2)cc(C(F)(F)F)n1. The Balaban J connectivity index is 1.58. The summed E-state index contributed by atoms with van der Waals surface area (Å²) < 4.78 is 40.2. The lowest BCUT2D eigenvalue weighted by Gasteiger charge is -2.34. The highest BCUT2D eigenvalue weighted by Crippen LogP contribution is 2.54. The molecule has 1 N–H and O–H groups in total. The van der Waals surface area contributed by atoms with Crippen molar-refractivity contribution in [3.8, 4) is 0 Å². The van der Waals surface area contributed by atoms with E-state index in [1.54, 1.807) is 0 Å². The fourth-order valence-corrected chi connectivity index (χ4v) is 4.59. The van der Waals surface area contributed by atoms with E-state index in [0.717, 1.165) is 25.3 Å². The molecule has 3 atom stereocenters. The van der Waals surface area contributed by atoms with Crippen LogP contribution in [0.15, 0.2) is 6.07 Å². The third kappa shape index (κ3) is 3.55. The molecule has 6 nitrogen and oxygen atoms in total. The maximum atomic E-state index is 13.4. The molecule has 1 aromatic heterocycles. The van der Waals surface area contributed by atoms with Crippen LogP contribution in [0.5, 0.6) is 0 Å². The van der Waals surface area contributed by atoms with Crippen LogP contribution in [-0.2, 0) is 11.0 Å².